The Morgan fingerprint density at radius 3 is 1.15 bits per heavy atom. The summed E-state index contributed by atoms with van der Waals surface area (Å²) in [5.41, 5.74) is 15.9. The van der Waals surface area contributed by atoms with Gasteiger partial charge in [0.05, 0.1) is 33.4 Å². The van der Waals surface area contributed by atoms with Gasteiger partial charge < -0.3 is 19.2 Å². The molecule has 4 heterocycles. The summed E-state index contributed by atoms with van der Waals surface area (Å²) in [7, 11) is -1.50. The fourth-order valence-electron chi connectivity index (χ4n) is 17.5. The molecule has 0 saturated heterocycles. The van der Waals surface area contributed by atoms with Crippen LogP contribution in [0.15, 0.2) is 403 Å². The van der Waals surface area contributed by atoms with Gasteiger partial charge in [0, 0.05) is 104 Å². The molecule has 2 aliphatic carbocycles. The molecule has 2 N–H and O–H groups in total. The second-order valence-corrected chi connectivity index (χ2v) is 35.0. The minimum Gasteiger partial charge on any atom is -0.423 e. The van der Waals surface area contributed by atoms with E-state index in [1.54, 1.807) is 6.07 Å². The van der Waals surface area contributed by atoms with Gasteiger partial charge in [0.15, 0.2) is 22.7 Å². The summed E-state index contributed by atoms with van der Waals surface area (Å²) in [6, 6.07) is 133. The van der Waals surface area contributed by atoms with Crippen LogP contribution in [0.5, 0.6) is 0 Å². The van der Waals surface area contributed by atoms with E-state index in [0.29, 0.717) is 22.9 Å². The van der Waals surface area contributed by atoms with Crippen molar-refractivity contribution in [2.45, 2.75) is 6.42 Å². The molecule has 610 valence electrons. The summed E-state index contributed by atoms with van der Waals surface area (Å²) >= 11 is 25.2. The second kappa shape index (κ2) is 36.5. The van der Waals surface area contributed by atoms with E-state index in [2.05, 4.69) is 412 Å². The molecule has 4 aromatic heterocycles. The van der Waals surface area contributed by atoms with Gasteiger partial charge in [0.1, 0.15) is 0 Å². The highest BCUT2D eigenvalue weighted by atomic mass is 127. The monoisotopic (exact) mass is 1950 g/mol. The maximum absolute atomic E-state index is 9.70. The molecule has 17 heteroatoms. The lowest BCUT2D eigenvalue weighted by Gasteiger charge is -2.10. The van der Waals surface area contributed by atoms with E-state index < -0.39 is 7.12 Å². The van der Waals surface area contributed by atoms with Crippen LogP contribution in [0, 0.1) is 3.57 Å². The number of allylic oxidation sites excluding steroid dienone is 2. The molecule has 25 rings (SSSR count). The van der Waals surface area contributed by atoms with Crippen molar-refractivity contribution in [1.29, 1.82) is 0 Å². The molecule has 2 aliphatic rings. The van der Waals surface area contributed by atoms with E-state index >= 15 is 0 Å². The smallest absolute Gasteiger partial charge is 0.423 e. The third-order valence-electron chi connectivity index (χ3n) is 23.2. The van der Waals surface area contributed by atoms with Crippen LogP contribution in [-0.4, -0.2) is 56.2 Å². The summed E-state index contributed by atoms with van der Waals surface area (Å²) in [5.74, 6) is 2.02. The van der Waals surface area contributed by atoms with Crippen LogP contribution in [0.25, 0.3) is 188 Å². The maximum Gasteiger partial charge on any atom is 0.488 e. The third-order valence-corrected chi connectivity index (χ3v) is 25.3. The summed E-state index contributed by atoms with van der Waals surface area (Å²) in [6.07, 6.45) is 10.7. The second-order valence-electron chi connectivity index (χ2n) is 30.9. The van der Waals surface area contributed by atoms with Crippen molar-refractivity contribution < 1.29 is 10.0 Å². The number of benzene rings is 19. The molecule has 0 unspecified atom stereocenters. The Morgan fingerprint density at radius 1 is 0.320 bits per heavy atom. The third kappa shape index (κ3) is 16.8. The van der Waals surface area contributed by atoms with E-state index in [0.717, 1.165) is 48.8 Å². The van der Waals surface area contributed by atoms with Gasteiger partial charge in [0.2, 0.25) is 15.9 Å². The average molecular weight is 1950 g/mol. The fourth-order valence-corrected chi connectivity index (χ4v) is 19.9. The zero-order chi connectivity index (χ0) is 86.9. The zero-order valence-corrected chi connectivity index (χ0v) is 75.7. The van der Waals surface area contributed by atoms with Crippen molar-refractivity contribution in [1.82, 2.24) is 39.0 Å². The average Bonchev–Trinajstić information content (AvgIpc) is 1.55. The lowest BCUT2D eigenvalue weighted by atomic mass is 9.80. The lowest BCUT2D eigenvalue weighted by Crippen LogP contribution is -2.29. The van der Waals surface area contributed by atoms with Crippen LogP contribution in [0.2, 0.25) is 15.9 Å². The van der Waals surface area contributed by atoms with E-state index in [9.17, 15) is 10.0 Å². The Labute approximate surface area is 782 Å². The summed E-state index contributed by atoms with van der Waals surface area (Å²) in [4.78, 5) is 25.0. The molecule has 23 aromatic rings. The Hall–Kier alpha value is -13.4. The number of rotatable bonds is 6. The molecule has 0 saturated carbocycles. The maximum atomic E-state index is 9.70. The first kappa shape index (κ1) is 82.8. The molecule has 0 spiro atoms. The Bertz CT molecular complexity index is 8140. The molecule has 0 radical (unpaired) electrons. The SMILES string of the molecule is Brc1cccc(-n2c3ccc4ccccc4c3c3c4ccccc4ccc32)c1.Brc1cccc(I)c1.Clc1nc(Cl)nc(Cl)n1.OB(O)c1cccc(-n2c3ccc4ccccc4c3c3c4ccccc4ccc32)c1.[C+]1=c2ccc3c(c2=CC=C1)-c1c(ccc2ccccc12)C3.c1ccc(-c2nc(-c3ccc4ccccc4c3)nc(-c3ccc4ccccc4c3)n2)cc1. The van der Waals surface area contributed by atoms with E-state index in [1.807, 2.05) is 66.7 Å². The van der Waals surface area contributed by atoms with Gasteiger partial charge in [-0.3, -0.25) is 0 Å². The standard InChI is InChI=1S/C29H19N3.C26H18BNO2.C26H16BrN.C21H13.C6H4BrI.C3Cl3N3/c1-2-10-22(11-3-1)27-30-28(25-16-14-20-8-4-6-12-23(20)18-25)32-29(31-27)26-17-15-21-9-5-7-13-24(21)19-26;29-27(30)19-8-5-9-20(16-19)28-23-14-12-17-6-1-3-10-21(17)25(23)26-22-11-4-2-7-18(22)13-15-24(26)28;27-19-8-5-9-20(16-19)28-23-14-12-17-6-1-3-10-21(17)25(23)26-22-11-4-2-7-18(22)13-15-24(26)28;1-3-7-18-14(5-1)9-11-16-13-17-12-10-15-6-2-4-8-19(15)21(17)20(16)18;7-5-2-1-3-6(8)4-5;4-1-7-2(5)9-3(6)8-1/h1-19H;1-16,29-30H;1-16H;1-5,7-12H,13H2;1-4H;/q;;;+1;;. The Balaban J connectivity index is 0.000000101. The number of aromatic nitrogens is 8. The quantitative estimate of drug-likeness (QED) is 0.0957. The van der Waals surface area contributed by atoms with Gasteiger partial charge in [-0.2, -0.15) is 15.0 Å². The number of nitrogens with zero attached hydrogens (tertiary/aromatic N) is 8. The zero-order valence-electron chi connectivity index (χ0n) is 68.1. The summed E-state index contributed by atoms with van der Waals surface area (Å²) in [5, 5.41) is 44.4. The van der Waals surface area contributed by atoms with Crippen LogP contribution < -0.4 is 15.9 Å². The predicted molar refractivity (Wildman–Crippen MR) is 550 cm³/mol. The molecule has 0 bridgehead atoms. The van der Waals surface area contributed by atoms with Crippen molar-refractivity contribution in [2.24, 2.45) is 0 Å². The van der Waals surface area contributed by atoms with E-state index in [1.165, 1.54) is 150 Å². The van der Waals surface area contributed by atoms with Gasteiger partial charge in [-0.15, -0.1) is 0 Å². The first-order chi connectivity index (χ1) is 62.7. The Morgan fingerprint density at radius 2 is 0.695 bits per heavy atom. The molecule has 0 amide bonds. The lowest BCUT2D eigenvalue weighted by molar-refractivity contribution is 0.425. The predicted octanol–water partition coefficient (Wildman–Crippen LogP) is 28.1. The number of hydrogen-bond donors (Lipinski definition) is 2. The normalized spacial score (nSPS) is 11.6. The van der Waals surface area contributed by atoms with Crippen LogP contribution in [0.3, 0.4) is 0 Å². The van der Waals surface area contributed by atoms with Crippen LogP contribution in [0.1, 0.15) is 11.1 Å². The van der Waals surface area contributed by atoms with Crippen molar-refractivity contribution >= 4 is 233 Å². The van der Waals surface area contributed by atoms with Gasteiger partial charge in [-0.1, -0.05) is 317 Å². The van der Waals surface area contributed by atoms with Gasteiger partial charge >= 0.3 is 7.12 Å². The van der Waals surface area contributed by atoms with Gasteiger partial charge in [-0.25, -0.2) is 15.0 Å². The summed E-state index contributed by atoms with van der Waals surface area (Å²) < 4.78 is 8.09. The number of fused-ring (bicyclic) bond motifs is 23. The Kier molecular flexibility index (Phi) is 23.6. The topological polar surface area (TPSA) is 128 Å². The molecular weight excluding hydrogens is 1880 g/mol. The highest BCUT2D eigenvalue weighted by Gasteiger charge is 2.26. The highest BCUT2D eigenvalue weighted by molar-refractivity contribution is 14.1. The number of hydrogen-bond acceptors (Lipinski definition) is 8. The van der Waals surface area contributed by atoms with Gasteiger partial charge in [-0.05, 0) is 240 Å². The van der Waals surface area contributed by atoms with Crippen molar-refractivity contribution in [3.8, 4) is 56.7 Å². The first-order valence-electron chi connectivity index (χ1n) is 41.5. The van der Waals surface area contributed by atoms with Crippen LogP contribution in [0.4, 0.5) is 0 Å². The van der Waals surface area contributed by atoms with Crippen LogP contribution >= 0.6 is 89.3 Å². The fraction of sp³-hybridized carbons (Fsp3) is 0.00901. The minimum atomic E-state index is -1.50. The van der Waals surface area contributed by atoms with Crippen molar-refractivity contribution in [3.63, 3.8) is 0 Å². The molecule has 0 atom stereocenters. The molecule has 19 aromatic carbocycles. The highest BCUT2D eigenvalue weighted by Crippen LogP contribution is 2.44. The van der Waals surface area contributed by atoms with Crippen molar-refractivity contribution in [3.05, 3.63) is 444 Å². The molecule has 0 aliphatic heterocycles. The first-order valence-corrected chi connectivity index (χ1v) is 45.3. The van der Waals surface area contributed by atoms with E-state index in [-0.39, 0.29) is 15.9 Å². The van der Waals surface area contributed by atoms with Gasteiger partial charge in [0.25, 0.3) is 0 Å². The number of halogens is 6. The minimum absolute atomic E-state index is 0.000000000000000444. The largest absolute Gasteiger partial charge is 0.488 e. The van der Waals surface area contributed by atoms with E-state index in [4.69, 9.17) is 49.8 Å². The molecular formula is C111H70BBr2Cl3IN8O2+. The summed E-state index contributed by atoms with van der Waals surface area (Å²) in [6.45, 7) is 0. The molecule has 128 heavy (non-hydrogen) atoms. The van der Waals surface area contributed by atoms with Crippen LogP contribution in [-0.2, 0) is 6.42 Å². The molecule has 0 fully saturated rings. The van der Waals surface area contributed by atoms with Crippen molar-refractivity contribution in [2.75, 3.05) is 0 Å². The molecule has 10 nitrogen and oxygen atoms in total.